The second-order valence-corrected chi connectivity index (χ2v) is 8.62. The average molecular weight is 460 g/mol. The third-order valence-corrected chi connectivity index (χ3v) is 5.14. The molecule has 0 atom stereocenters. The molecule has 1 aliphatic heterocycles. The van der Waals surface area contributed by atoms with Crippen LogP contribution >= 0.6 is 15.9 Å². The van der Waals surface area contributed by atoms with Crippen LogP contribution in [0.2, 0.25) is 0 Å². The Bertz CT molecular complexity index is 1020. The van der Waals surface area contributed by atoms with E-state index in [1.807, 2.05) is 20.8 Å². The maximum Gasteiger partial charge on any atom is 0.410 e. The molecular formula is C20H22BrN5O3. The number of aromatic nitrogens is 2. The molecule has 152 valence electrons. The van der Waals surface area contributed by atoms with E-state index in [9.17, 15) is 14.9 Å². The van der Waals surface area contributed by atoms with Crippen molar-refractivity contribution in [3.63, 3.8) is 0 Å². The number of hydrogen-bond acceptors (Lipinski definition) is 5. The van der Waals surface area contributed by atoms with Gasteiger partial charge in [0, 0.05) is 30.2 Å². The summed E-state index contributed by atoms with van der Waals surface area (Å²) in [7, 11) is 1.77. The van der Waals surface area contributed by atoms with Gasteiger partial charge in [-0.25, -0.2) is 9.78 Å². The Morgan fingerprint density at radius 2 is 2.07 bits per heavy atom. The molecule has 29 heavy (non-hydrogen) atoms. The van der Waals surface area contributed by atoms with Crippen LogP contribution in [0.3, 0.4) is 0 Å². The third kappa shape index (κ3) is 4.43. The smallest absolute Gasteiger partial charge is 0.410 e. The number of carbonyl (C=O) groups is 2. The minimum absolute atomic E-state index is 0.227. The Morgan fingerprint density at radius 1 is 1.34 bits per heavy atom. The molecule has 0 unspecified atom stereocenters. The number of rotatable bonds is 2. The first kappa shape index (κ1) is 20.9. The first-order valence-corrected chi connectivity index (χ1v) is 9.92. The molecule has 0 bridgehead atoms. The average Bonchev–Trinajstić information content (AvgIpc) is 2.97. The molecule has 0 aliphatic carbocycles. The highest BCUT2D eigenvalue weighted by Gasteiger charge is 2.30. The van der Waals surface area contributed by atoms with Gasteiger partial charge in [0.25, 0.3) is 5.91 Å². The second-order valence-electron chi connectivity index (χ2n) is 7.77. The summed E-state index contributed by atoms with van der Waals surface area (Å²) >= 11 is 3.31. The quantitative estimate of drug-likeness (QED) is 0.738. The molecule has 1 N–H and O–H groups in total. The monoisotopic (exact) mass is 459 g/mol. The molecule has 0 radical (unpaired) electrons. The van der Waals surface area contributed by atoms with Crippen LogP contribution in [0.5, 0.6) is 0 Å². The number of nitrogens with one attached hydrogen (secondary N) is 1. The molecular weight excluding hydrogens is 438 g/mol. The lowest BCUT2D eigenvalue weighted by molar-refractivity contribution is 0.0220. The standard InChI is InChI=1S/C20H22BrN5O3/c1-20(2,3)29-19(28)26-9-8-16-15(11-26)23-17(25(16)4)18(27)24-14-7-5-6-13(21)12(14)10-22/h5-7H,8-9,11H2,1-4H3,(H,24,27). The number of ether oxygens (including phenoxy) is 1. The van der Waals surface area contributed by atoms with E-state index < -0.39 is 17.6 Å². The largest absolute Gasteiger partial charge is 0.444 e. The van der Waals surface area contributed by atoms with Crippen LogP contribution in [0.1, 0.15) is 48.3 Å². The first-order valence-electron chi connectivity index (χ1n) is 9.13. The minimum Gasteiger partial charge on any atom is -0.444 e. The summed E-state index contributed by atoms with van der Waals surface area (Å²) in [6.07, 6.45) is 0.179. The van der Waals surface area contributed by atoms with Crippen LogP contribution in [0.25, 0.3) is 0 Å². The van der Waals surface area contributed by atoms with Crippen molar-refractivity contribution in [2.75, 3.05) is 11.9 Å². The van der Waals surface area contributed by atoms with Gasteiger partial charge in [0.05, 0.1) is 23.5 Å². The highest BCUT2D eigenvalue weighted by molar-refractivity contribution is 9.10. The summed E-state index contributed by atoms with van der Waals surface area (Å²) in [5.41, 5.74) is 1.75. The zero-order valence-electron chi connectivity index (χ0n) is 16.7. The van der Waals surface area contributed by atoms with E-state index in [1.54, 1.807) is 34.7 Å². The topological polar surface area (TPSA) is 100 Å². The van der Waals surface area contributed by atoms with Crippen molar-refractivity contribution in [1.82, 2.24) is 14.5 Å². The molecule has 0 saturated carbocycles. The van der Waals surface area contributed by atoms with E-state index in [0.717, 1.165) is 5.69 Å². The van der Waals surface area contributed by atoms with Crippen LogP contribution in [0.15, 0.2) is 22.7 Å². The fourth-order valence-electron chi connectivity index (χ4n) is 3.13. The maximum atomic E-state index is 12.8. The van der Waals surface area contributed by atoms with E-state index >= 15 is 0 Å². The summed E-state index contributed by atoms with van der Waals surface area (Å²) in [4.78, 5) is 31.2. The van der Waals surface area contributed by atoms with Gasteiger partial charge in [0.2, 0.25) is 0 Å². The maximum absolute atomic E-state index is 12.8. The van der Waals surface area contributed by atoms with Gasteiger partial charge in [0.15, 0.2) is 5.82 Å². The highest BCUT2D eigenvalue weighted by atomic mass is 79.9. The number of fused-ring (bicyclic) bond motifs is 1. The van der Waals surface area contributed by atoms with Crippen LogP contribution in [-0.2, 0) is 24.8 Å². The van der Waals surface area contributed by atoms with Crippen molar-refractivity contribution < 1.29 is 14.3 Å². The van der Waals surface area contributed by atoms with Gasteiger partial charge in [-0.1, -0.05) is 6.07 Å². The number of anilines is 1. The van der Waals surface area contributed by atoms with Crippen molar-refractivity contribution in [2.24, 2.45) is 7.05 Å². The molecule has 2 aromatic rings. The fraction of sp³-hybridized carbons (Fsp3) is 0.400. The zero-order valence-corrected chi connectivity index (χ0v) is 18.3. The van der Waals surface area contributed by atoms with E-state index in [-0.39, 0.29) is 12.4 Å². The Kier molecular flexibility index (Phi) is 5.66. The van der Waals surface area contributed by atoms with Crippen molar-refractivity contribution in [3.05, 3.63) is 45.4 Å². The number of nitriles is 1. The number of halogens is 1. The number of imidazole rings is 1. The lowest BCUT2D eigenvalue weighted by Crippen LogP contribution is -2.40. The van der Waals surface area contributed by atoms with Gasteiger partial charge in [-0.15, -0.1) is 0 Å². The van der Waals surface area contributed by atoms with Crippen molar-refractivity contribution in [1.29, 1.82) is 5.26 Å². The first-order chi connectivity index (χ1) is 13.6. The molecule has 8 nitrogen and oxygen atoms in total. The lowest BCUT2D eigenvalue weighted by atomic mass is 10.1. The van der Waals surface area contributed by atoms with Gasteiger partial charge in [-0.3, -0.25) is 4.79 Å². The molecule has 1 aliphatic rings. The normalized spacial score (nSPS) is 13.4. The molecule has 0 saturated heterocycles. The van der Waals surface area contributed by atoms with E-state index in [0.29, 0.717) is 34.4 Å². The van der Waals surface area contributed by atoms with Crippen LogP contribution in [0.4, 0.5) is 10.5 Å². The molecule has 2 heterocycles. The van der Waals surface area contributed by atoms with Gasteiger partial charge >= 0.3 is 6.09 Å². The lowest BCUT2D eigenvalue weighted by Gasteiger charge is -2.29. The highest BCUT2D eigenvalue weighted by Crippen LogP contribution is 2.25. The molecule has 3 rings (SSSR count). The SMILES string of the molecule is Cn1c(C(=O)Nc2cccc(Br)c2C#N)nc2c1CCN(C(=O)OC(C)(C)C)C2. The molecule has 1 aromatic carbocycles. The Hall–Kier alpha value is -2.86. The fourth-order valence-corrected chi connectivity index (χ4v) is 3.59. The van der Waals surface area contributed by atoms with Gasteiger partial charge in [-0.2, -0.15) is 5.26 Å². The molecule has 2 amide bonds. The summed E-state index contributed by atoms with van der Waals surface area (Å²) in [5, 5.41) is 12.1. The van der Waals surface area contributed by atoms with E-state index in [2.05, 4.69) is 32.3 Å². The van der Waals surface area contributed by atoms with E-state index in [1.165, 1.54) is 0 Å². The Balaban J connectivity index is 1.81. The van der Waals surface area contributed by atoms with Gasteiger partial charge in [0.1, 0.15) is 11.7 Å². The van der Waals surface area contributed by atoms with E-state index in [4.69, 9.17) is 4.74 Å². The molecule has 9 heteroatoms. The number of nitrogens with zero attached hydrogens (tertiary/aromatic N) is 4. The molecule has 0 spiro atoms. The number of amides is 2. The number of benzene rings is 1. The minimum atomic E-state index is -0.574. The van der Waals surface area contributed by atoms with Crippen molar-refractivity contribution in [2.45, 2.75) is 39.3 Å². The number of hydrogen-bond donors (Lipinski definition) is 1. The van der Waals surface area contributed by atoms with Crippen LogP contribution in [-0.4, -0.2) is 38.6 Å². The zero-order chi connectivity index (χ0) is 21.3. The summed E-state index contributed by atoms with van der Waals surface area (Å²) in [6.45, 7) is 6.24. The Morgan fingerprint density at radius 3 is 2.72 bits per heavy atom. The van der Waals surface area contributed by atoms with Gasteiger partial charge < -0.3 is 19.5 Å². The van der Waals surface area contributed by atoms with Gasteiger partial charge in [-0.05, 0) is 48.8 Å². The summed E-state index contributed by atoms with van der Waals surface area (Å²) in [5.74, 6) is -0.190. The summed E-state index contributed by atoms with van der Waals surface area (Å²) in [6, 6.07) is 7.21. The second kappa shape index (κ2) is 7.87. The number of carbonyl (C=O) groups excluding carboxylic acids is 2. The van der Waals surface area contributed by atoms with Crippen LogP contribution in [0, 0.1) is 11.3 Å². The van der Waals surface area contributed by atoms with Crippen molar-refractivity contribution >= 4 is 33.6 Å². The van der Waals surface area contributed by atoms with Crippen LogP contribution < -0.4 is 5.32 Å². The third-order valence-electron chi connectivity index (χ3n) is 4.48. The van der Waals surface area contributed by atoms with Crippen molar-refractivity contribution in [3.8, 4) is 6.07 Å². The summed E-state index contributed by atoms with van der Waals surface area (Å²) < 4.78 is 7.77. The molecule has 0 fully saturated rings. The predicted octanol–water partition coefficient (Wildman–Crippen LogP) is 3.60. The molecule has 1 aromatic heterocycles. The predicted molar refractivity (Wildman–Crippen MR) is 110 cm³/mol. The Labute approximate surface area is 177 Å².